The maximum Gasteiger partial charge on any atom is 0.297 e. The van der Waals surface area contributed by atoms with Crippen molar-refractivity contribution in [2.75, 3.05) is 5.33 Å². The summed E-state index contributed by atoms with van der Waals surface area (Å²) in [6, 6.07) is 6.86. The zero-order valence-corrected chi connectivity index (χ0v) is 13.9. The summed E-state index contributed by atoms with van der Waals surface area (Å²) in [5, 5.41) is 0.943. The van der Waals surface area contributed by atoms with E-state index in [2.05, 4.69) is 15.9 Å². The number of rotatable bonds is 4. The second kappa shape index (κ2) is 5.43. The summed E-state index contributed by atoms with van der Waals surface area (Å²) in [6.45, 7) is 1.94. The molecule has 1 aromatic carbocycles. The molecule has 4 atom stereocenters. The van der Waals surface area contributed by atoms with Gasteiger partial charge in [0.1, 0.15) is 0 Å². The monoisotopic (exact) mass is 358 g/mol. The van der Waals surface area contributed by atoms with Crippen molar-refractivity contribution in [3.63, 3.8) is 0 Å². The van der Waals surface area contributed by atoms with Crippen LogP contribution in [0.25, 0.3) is 0 Å². The zero-order chi connectivity index (χ0) is 14.3. The second-order valence-corrected chi connectivity index (χ2v) is 8.27. The largest absolute Gasteiger partial charge is 0.297 e. The van der Waals surface area contributed by atoms with Gasteiger partial charge in [-0.2, -0.15) is 8.42 Å². The van der Waals surface area contributed by atoms with E-state index in [0.717, 1.165) is 23.7 Å². The lowest BCUT2D eigenvalue weighted by Crippen LogP contribution is -2.30. The van der Waals surface area contributed by atoms with Crippen molar-refractivity contribution in [2.45, 2.75) is 37.2 Å². The molecule has 0 aromatic heterocycles. The molecule has 2 fully saturated rings. The molecule has 0 saturated heterocycles. The van der Waals surface area contributed by atoms with Gasteiger partial charge >= 0.3 is 0 Å². The van der Waals surface area contributed by atoms with Crippen molar-refractivity contribution < 1.29 is 12.6 Å². The number of halogens is 1. The van der Waals surface area contributed by atoms with E-state index < -0.39 is 10.1 Å². The molecule has 2 bridgehead atoms. The average molecular weight is 359 g/mol. The van der Waals surface area contributed by atoms with E-state index in [0.29, 0.717) is 17.8 Å². The van der Waals surface area contributed by atoms with Crippen molar-refractivity contribution in [1.82, 2.24) is 0 Å². The molecule has 5 heteroatoms. The first-order valence-electron chi connectivity index (χ1n) is 7.05. The quantitative estimate of drug-likeness (QED) is 0.610. The highest BCUT2D eigenvalue weighted by Crippen LogP contribution is 2.50. The number of aryl methyl sites for hydroxylation is 1. The molecule has 0 heterocycles. The molecule has 2 aliphatic rings. The summed E-state index contributed by atoms with van der Waals surface area (Å²) in [4.78, 5) is 0.265. The van der Waals surface area contributed by atoms with Crippen LogP contribution in [0, 0.1) is 24.7 Å². The minimum atomic E-state index is -3.63. The predicted octanol–water partition coefficient (Wildman–Crippen LogP) is 3.51. The highest BCUT2D eigenvalue weighted by Gasteiger charge is 2.47. The lowest BCUT2D eigenvalue weighted by Gasteiger charge is -2.27. The first-order valence-corrected chi connectivity index (χ1v) is 9.58. The van der Waals surface area contributed by atoms with Crippen LogP contribution in [0.3, 0.4) is 0 Å². The van der Waals surface area contributed by atoms with Gasteiger partial charge in [-0.3, -0.25) is 4.18 Å². The molecule has 0 radical (unpaired) electrons. The molecule has 0 spiro atoms. The standard InChI is InChI=1S/C15H19BrO3S/c1-10-2-4-13(5-3-10)20(17,18)19-15-8-11-6-12(9-16)14(15)7-11/h2-5,11-12,14-15H,6-9H2,1H3/t11-,12-,14-,15-/m1/s1. The van der Waals surface area contributed by atoms with Crippen molar-refractivity contribution in [1.29, 1.82) is 0 Å². The van der Waals surface area contributed by atoms with Gasteiger partial charge in [0.05, 0.1) is 11.0 Å². The molecule has 0 amide bonds. The van der Waals surface area contributed by atoms with Crippen LogP contribution in [0.5, 0.6) is 0 Å². The van der Waals surface area contributed by atoms with E-state index in [1.165, 1.54) is 6.42 Å². The molecule has 20 heavy (non-hydrogen) atoms. The Morgan fingerprint density at radius 3 is 2.50 bits per heavy atom. The number of hydrogen-bond acceptors (Lipinski definition) is 3. The van der Waals surface area contributed by atoms with Gasteiger partial charge in [0.2, 0.25) is 0 Å². The Balaban J connectivity index is 1.76. The van der Waals surface area contributed by atoms with Crippen LogP contribution in [0.1, 0.15) is 24.8 Å². The minimum absolute atomic E-state index is 0.136. The van der Waals surface area contributed by atoms with E-state index >= 15 is 0 Å². The van der Waals surface area contributed by atoms with Crippen LogP contribution in [-0.4, -0.2) is 19.9 Å². The SMILES string of the molecule is Cc1ccc(S(=O)(=O)O[C@@H]2C[C@@H]3C[C@H](CBr)[C@H]2C3)cc1. The molecule has 2 aliphatic carbocycles. The number of hydrogen-bond donors (Lipinski definition) is 0. The highest BCUT2D eigenvalue weighted by atomic mass is 79.9. The summed E-state index contributed by atoms with van der Waals surface area (Å²) in [5.74, 6) is 1.59. The van der Waals surface area contributed by atoms with Crippen LogP contribution < -0.4 is 0 Å². The van der Waals surface area contributed by atoms with Gasteiger partial charge in [0.25, 0.3) is 10.1 Å². The Morgan fingerprint density at radius 2 is 1.90 bits per heavy atom. The lowest BCUT2D eigenvalue weighted by atomic mass is 9.88. The zero-order valence-electron chi connectivity index (χ0n) is 11.5. The predicted molar refractivity (Wildman–Crippen MR) is 81.4 cm³/mol. The van der Waals surface area contributed by atoms with Gasteiger partial charge in [0.15, 0.2) is 0 Å². The summed E-state index contributed by atoms with van der Waals surface area (Å²) in [6.07, 6.45) is 3.08. The third-order valence-corrected chi connectivity index (χ3v) is 6.83. The molecule has 110 valence electrons. The Kier molecular flexibility index (Phi) is 3.95. The fourth-order valence-electron chi connectivity index (χ4n) is 3.64. The lowest BCUT2D eigenvalue weighted by molar-refractivity contribution is 0.117. The van der Waals surface area contributed by atoms with E-state index in [9.17, 15) is 8.42 Å². The molecule has 0 aliphatic heterocycles. The van der Waals surface area contributed by atoms with Crippen LogP contribution in [0.4, 0.5) is 0 Å². The van der Waals surface area contributed by atoms with E-state index in [1.807, 2.05) is 6.92 Å². The van der Waals surface area contributed by atoms with Crippen molar-refractivity contribution in [3.8, 4) is 0 Å². The number of fused-ring (bicyclic) bond motifs is 2. The number of alkyl halides is 1. The fraction of sp³-hybridized carbons (Fsp3) is 0.600. The smallest absolute Gasteiger partial charge is 0.263 e. The molecule has 1 aromatic rings. The van der Waals surface area contributed by atoms with Gasteiger partial charge < -0.3 is 0 Å². The first kappa shape index (κ1) is 14.5. The molecule has 3 rings (SSSR count). The topological polar surface area (TPSA) is 43.4 Å². The maximum atomic E-state index is 12.3. The third kappa shape index (κ3) is 2.68. The molecule has 3 nitrogen and oxygen atoms in total. The van der Waals surface area contributed by atoms with Crippen LogP contribution in [0.2, 0.25) is 0 Å². The van der Waals surface area contributed by atoms with Gasteiger partial charge in [-0.15, -0.1) is 0 Å². The summed E-state index contributed by atoms with van der Waals surface area (Å²) >= 11 is 3.53. The third-order valence-electron chi connectivity index (χ3n) is 4.65. The second-order valence-electron chi connectivity index (χ2n) is 6.05. The molecule has 0 N–H and O–H groups in total. The van der Waals surface area contributed by atoms with Crippen molar-refractivity contribution >= 4 is 26.0 Å². The van der Waals surface area contributed by atoms with Gasteiger partial charge in [-0.05, 0) is 56.1 Å². The average Bonchev–Trinajstić information content (AvgIpc) is 2.97. The molecule has 2 saturated carbocycles. The van der Waals surface area contributed by atoms with Gasteiger partial charge in [0, 0.05) is 5.33 Å². The number of benzene rings is 1. The van der Waals surface area contributed by atoms with Crippen LogP contribution in [-0.2, 0) is 14.3 Å². The first-order chi connectivity index (χ1) is 9.49. The summed E-state index contributed by atoms with van der Waals surface area (Å²) < 4.78 is 30.2. The van der Waals surface area contributed by atoms with E-state index in [1.54, 1.807) is 24.3 Å². The van der Waals surface area contributed by atoms with Gasteiger partial charge in [-0.25, -0.2) is 0 Å². The Morgan fingerprint density at radius 1 is 1.20 bits per heavy atom. The molecular formula is C15H19BrO3S. The fourth-order valence-corrected chi connectivity index (χ4v) is 5.51. The van der Waals surface area contributed by atoms with Crippen molar-refractivity contribution in [2.24, 2.45) is 17.8 Å². The molecule has 0 unspecified atom stereocenters. The normalized spacial score (nSPS) is 32.7. The maximum absolute atomic E-state index is 12.3. The minimum Gasteiger partial charge on any atom is -0.263 e. The Hall–Kier alpha value is -0.390. The summed E-state index contributed by atoms with van der Waals surface area (Å²) in [5.41, 5.74) is 1.04. The Labute approximate surface area is 129 Å². The molecular weight excluding hydrogens is 340 g/mol. The van der Waals surface area contributed by atoms with Crippen LogP contribution in [0.15, 0.2) is 29.2 Å². The van der Waals surface area contributed by atoms with E-state index in [4.69, 9.17) is 4.18 Å². The highest BCUT2D eigenvalue weighted by molar-refractivity contribution is 9.09. The van der Waals surface area contributed by atoms with Crippen molar-refractivity contribution in [3.05, 3.63) is 29.8 Å². The van der Waals surface area contributed by atoms with E-state index in [-0.39, 0.29) is 11.0 Å². The van der Waals surface area contributed by atoms with Crippen LogP contribution >= 0.6 is 15.9 Å². The summed E-state index contributed by atoms with van der Waals surface area (Å²) in [7, 11) is -3.63. The Bertz CT molecular complexity index is 582. The van der Waals surface area contributed by atoms with Gasteiger partial charge in [-0.1, -0.05) is 33.6 Å².